The topological polar surface area (TPSA) is 93.3 Å². The number of aryl methyl sites for hydroxylation is 2. The van der Waals surface area contributed by atoms with E-state index in [1.54, 1.807) is 28.9 Å². The normalized spacial score (nSPS) is 18.2. The van der Waals surface area contributed by atoms with Crippen LogP contribution in [0.3, 0.4) is 0 Å². The number of amides is 2. The van der Waals surface area contributed by atoms with E-state index in [2.05, 4.69) is 15.6 Å². The Morgan fingerprint density at radius 3 is 2.64 bits per heavy atom. The van der Waals surface area contributed by atoms with Crippen molar-refractivity contribution in [2.45, 2.75) is 45.6 Å². The van der Waals surface area contributed by atoms with E-state index in [1.165, 1.54) is 0 Å². The van der Waals surface area contributed by atoms with Crippen molar-refractivity contribution in [2.24, 2.45) is 13.0 Å². The molecular weight excluding hydrogens is 418 g/mol. The van der Waals surface area contributed by atoms with E-state index < -0.39 is 5.54 Å². The summed E-state index contributed by atoms with van der Waals surface area (Å²) in [6, 6.07) is 11.6. The molecule has 0 spiro atoms. The average molecular weight is 450 g/mol. The summed E-state index contributed by atoms with van der Waals surface area (Å²) in [4.78, 5) is 28.6. The minimum Gasteiger partial charge on any atom is -0.361 e. The number of carbonyl (C=O) groups is 2. The highest BCUT2D eigenvalue weighted by atomic mass is 16.5. The first-order valence-corrected chi connectivity index (χ1v) is 11.4. The molecule has 0 radical (unpaired) electrons. The van der Waals surface area contributed by atoms with Crippen molar-refractivity contribution in [3.05, 3.63) is 59.6 Å². The van der Waals surface area contributed by atoms with Gasteiger partial charge in [0.15, 0.2) is 0 Å². The SMILES string of the molecule is Cc1ccc(-c2cc(C[C@]3(C(=O)NCC(C)C)CCCN3C(=O)c3ccn(C)n3)on2)cc1. The molecule has 4 rings (SSSR count). The Bertz CT molecular complexity index is 1130. The Morgan fingerprint density at radius 1 is 1.21 bits per heavy atom. The van der Waals surface area contributed by atoms with E-state index >= 15 is 0 Å². The van der Waals surface area contributed by atoms with Crippen LogP contribution in [0.5, 0.6) is 0 Å². The first-order chi connectivity index (χ1) is 15.8. The van der Waals surface area contributed by atoms with Crippen molar-refractivity contribution in [3.63, 3.8) is 0 Å². The van der Waals surface area contributed by atoms with Gasteiger partial charge in [-0.25, -0.2) is 0 Å². The van der Waals surface area contributed by atoms with Crippen molar-refractivity contribution in [3.8, 4) is 11.3 Å². The monoisotopic (exact) mass is 449 g/mol. The van der Waals surface area contributed by atoms with Crippen LogP contribution in [0.4, 0.5) is 0 Å². The van der Waals surface area contributed by atoms with Crippen molar-refractivity contribution in [1.29, 1.82) is 0 Å². The van der Waals surface area contributed by atoms with Gasteiger partial charge < -0.3 is 14.7 Å². The summed E-state index contributed by atoms with van der Waals surface area (Å²) in [5.74, 6) is 0.467. The molecule has 8 nitrogen and oxygen atoms in total. The third-order valence-corrected chi connectivity index (χ3v) is 6.13. The second kappa shape index (κ2) is 9.21. The molecule has 1 aliphatic rings. The third-order valence-electron chi connectivity index (χ3n) is 6.13. The van der Waals surface area contributed by atoms with Crippen LogP contribution in [0.25, 0.3) is 11.3 Å². The maximum atomic E-state index is 13.5. The summed E-state index contributed by atoms with van der Waals surface area (Å²) in [6.07, 6.45) is 3.27. The van der Waals surface area contributed by atoms with Crippen molar-refractivity contribution in [2.75, 3.05) is 13.1 Å². The van der Waals surface area contributed by atoms with Gasteiger partial charge >= 0.3 is 0 Å². The predicted octanol–water partition coefficient (Wildman–Crippen LogP) is 3.37. The van der Waals surface area contributed by atoms with E-state index in [-0.39, 0.29) is 18.2 Å². The van der Waals surface area contributed by atoms with E-state index in [4.69, 9.17) is 4.52 Å². The molecule has 0 bridgehead atoms. The van der Waals surface area contributed by atoms with Gasteiger partial charge in [-0.1, -0.05) is 48.8 Å². The Kier molecular flexibility index (Phi) is 6.35. The van der Waals surface area contributed by atoms with Crippen LogP contribution in [0.2, 0.25) is 0 Å². The average Bonchev–Trinajstić information content (AvgIpc) is 3.53. The lowest BCUT2D eigenvalue weighted by Gasteiger charge is -2.36. The van der Waals surface area contributed by atoms with Gasteiger partial charge in [-0.05, 0) is 31.7 Å². The van der Waals surface area contributed by atoms with Crippen LogP contribution in [-0.4, -0.2) is 50.3 Å². The van der Waals surface area contributed by atoms with E-state index in [0.29, 0.717) is 42.6 Å². The van der Waals surface area contributed by atoms with Gasteiger partial charge in [-0.2, -0.15) is 5.10 Å². The predicted molar refractivity (Wildman–Crippen MR) is 124 cm³/mol. The summed E-state index contributed by atoms with van der Waals surface area (Å²) in [6.45, 7) is 7.15. The maximum absolute atomic E-state index is 13.5. The van der Waals surface area contributed by atoms with E-state index in [9.17, 15) is 9.59 Å². The summed E-state index contributed by atoms with van der Waals surface area (Å²) in [7, 11) is 1.77. The lowest BCUT2D eigenvalue weighted by molar-refractivity contribution is -0.131. The molecule has 1 aromatic carbocycles. The fourth-order valence-corrected chi connectivity index (χ4v) is 4.35. The summed E-state index contributed by atoms with van der Waals surface area (Å²) < 4.78 is 7.25. The van der Waals surface area contributed by atoms with Crippen LogP contribution in [0.1, 0.15) is 48.5 Å². The first-order valence-electron chi connectivity index (χ1n) is 11.4. The fourth-order valence-electron chi connectivity index (χ4n) is 4.35. The molecule has 1 fully saturated rings. The molecule has 1 N–H and O–H groups in total. The molecule has 1 atom stereocenters. The lowest BCUT2D eigenvalue weighted by atomic mass is 9.88. The highest BCUT2D eigenvalue weighted by Gasteiger charge is 2.51. The van der Waals surface area contributed by atoms with Crippen LogP contribution >= 0.6 is 0 Å². The Balaban J connectivity index is 1.65. The van der Waals surface area contributed by atoms with Crippen LogP contribution < -0.4 is 5.32 Å². The van der Waals surface area contributed by atoms with Gasteiger partial charge in [-0.3, -0.25) is 14.3 Å². The van der Waals surface area contributed by atoms with Crippen molar-refractivity contribution >= 4 is 11.8 Å². The smallest absolute Gasteiger partial charge is 0.275 e. The van der Waals surface area contributed by atoms with Crippen LogP contribution in [0.15, 0.2) is 47.1 Å². The van der Waals surface area contributed by atoms with Gasteiger partial charge in [-0.15, -0.1) is 0 Å². The number of hydrogen-bond acceptors (Lipinski definition) is 5. The molecule has 8 heteroatoms. The largest absolute Gasteiger partial charge is 0.361 e. The highest BCUT2D eigenvalue weighted by Crippen LogP contribution is 2.35. The number of carbonyl (C=O) groups excluding carboxylic acids is 2. The molecule has 0 saturated carbocycles. The maximum Gasteiger partial charge on any atom is 0.275 e. The zero-order valence-corrected chi connectivity index (χ0v) is 19.7. The Labute approximate surface area is 193 Å². The number of rotatable bonds is 7. The number of hydrogen-bond donors (Lipinski definition) is 1. The molecule has 2 amide bonds. The summed E-state index contributed by atoms with van der Waals surface area (Å²) in [5.41, 5.74) is 2.11. The molecular formula is C25H31N5O3. The number of benzene rings is 1. The lowest BCUT2D eigenvalue weighted by Crippen LogP contribution is -2.59. The Hall–Kier alpha value is -3.42. The fraction of sp³-hybridized carbons (Fsp3) is 0.440. The van der Waals surface area contributed by atoms with Crippen LogP contribution in [0, 0.1) is 12.8 Å². The minimum absolute atomic E-state index is 0.161. The Morgan fingerprint density at radius 2 is 1.97 bits per heavy atom. The number of aromatic nitrogens is 3. The molecule has 2 aromatic heterocycles. The van der Waals surface area contributed by atoms with E-state index in [0.717, 1.165) is 17.5 Å². The minimum atomic E-state index is -1.05. The summed E-state index contributed by atoms with van der Waals surface area (Å²) >= 11 is 0. The molecule has 1 saturated heterocycles. The van der Waals surface area contributed by atoms with Gasteiger partial charge in [0.25, 0.3) is 5.91 Å². The zero-order chi connectivity index (χ0) is 23.6. The van der Waals surface area contributed by atoms with E-state index in [1.807, 2.05) is 51.1 Å². The van der Waals surface area contributed by atoms with Gasteiger partial charge in [0.1, 0.15) is 22.7 Å². The second-order valence-electron chi connectivity index (χ2n) is 9.29. The summed E-state index contributed by atoms with van der Waals surface area (Å²) in [5, 5.41) is 11.5. The number of nitrogens with one attached hydrogen (secondary N) is 1. The molecule has 3 aromatic rings. The molecule has 0 unspecified atom stereocenters. The van der Waals surface area contributed by atoms with Gasteiger partial charge in [0, 0.05) is 44.4 Å². The standard InChI is InChI=1S/C25H31N5O3/c1-17(2)16-26-24(32)25(11-5-12-30(25)23(31)21-10-13-29(4)27-21)15-20-14-22(28-33-20)19-8-6-18(3)7-9-19/h6-10,13-14,17H,5,11-12,15-16H2,1-4H3,(H,26,32)/t25-/m0/s1. The molecule has 1 aliphatic heterocycles. The second-order valence-corrected chi connectivity index (χ2v) is 9.29. The quantitative estimate of drug-likeness (QED) is 0.597. The third kappa shape index (κ3) is 4.69. The van der Waals surface area contributed by atoms with Gasteiger partial charge in [0.05, 0.1) is 0 Å². The zero-order valence-electron chi connectivity index (χ0n) is 19.7. The van der Waals surface area contributed by atoms with Crippen molar-refractivity contribution in [1.82, 2.24) is 25.2 Å². The number of nitrogens with zero attached hydrogens (tertiary/aromatic N) is 4. The molecule has 3 heterocycles. The highest BCUT2D eigenvalue weighted by molar-refractivity contribution is 5.98. The molecule has 0 aliphatic carbocycles. The first kappa shape index (κ1) is 22.8. The number of likely N-dealkylation sites (tertiary alicyclic amines) is 1. The van der Waals surface area contributed by atoms with Crippen LogP contribution in [-0.2, 0) is 18.3 Å². The van der Waals surface area contributed by atoms with Gasteiger partial charge in [0.2, 0.25) is 5.91 Å². The molecule has 33 heavy (non-hydrogen) atoms. The molecule has 174 valence electrons. The van der Waals surface area contributed by atoms with Crippen molar-refractivity contribution < 1.29 is 14.1 Å².